The van der Waals surface area contributed by atoms with Gasteiger partial charge in [-0.25, -0.2) is 4.79 Å². The summed E-state index contributed by atoms with van der Waals surface area (Å²) in [5.74, 6) is -1.10. The van der Waals surface area contributed by atoms with E-state index in [0.717, 1.165) is 12.8 Å². The molecule has 0 unspecified atom stereocenters. The average molecular weight is 391 g/mol. The molecule has 28 heavy (non-hydrogen) atoms. The molecule has 4 N–H and O–H groups in total. The Morgan fingerprint density at radius 3 is 1.82 bits per heavy atom. The van der Waals surface area contributed by atoms with E-state index in [2.05, 4.69) is 12.2 Å². The zero-order valence-corrected chi connectivity index (χ0v) is 17.5. The van der Waals surface area contributed by atoms with Gasteiger partial charge in [0.15, 0.2) is 0 Å². The van der Waals surface area contributed by atoms with Gasteiger partial charge in [-0.15, -0.1) is 0 Å². The van der Waals surface area contributed by atoms with Crippen LogP contribution in [0.3, 0.4) is 0 Å². The van der Waals surface area contributed by atoms with E-state index in [4.69, 9.17) is 10.8 Å². The highest BCUT2D eigenvalue weighted by Gasteiger charge is 2.09. The van der Waals surface area contributed by atoms with Crippen molar-refractivity contribution in [1.29, 1.82) is 0 Å². The molecule has 1 aromatic rings. The van der Waals surface area contributed by atoms with Crippen LogP contribution in [0, 0.1) is 0 Å². The van der Waals surface area contributed by atoms with Crippen molar-refractivity contribution in [2.24, 2.45) is 0 Å². The Bertz CT molecular complexity index is 587. The van der Waals surface area contributed by atoms with E-state index in [1.807, 2.05) is 0 Å². The molecule has 0 aliphatic carbocycles. The third kappa shape index (κ3) is 11.0. The lowest BCUT2D eigenvalue weighted by Gasteiger charge is -2.09. The molecule has 0 aliphatic heterocycles. The van der Waals surface area contributed by atoms with Crippen LogP contribution in [-0.2, 0) is 4.79 Å². The summed E-state index contributed by atoms with van der Waals surface area (Å²) in [5, 5.41) is 11.7. The Labute approximate surface area is 170 Å². The van der Waals surface area contributed by atoms with Crippen LogP contribution in [0.2, 0.25) is 0 Å². The summed E-state index contributed by atoms with van der Waals surface area (Å²) < 4.78 is 0. The molecule has 0 aromatic heterocycles. The molecule has 0 saturated carbocycles. The molecule has 1 aromatic carbocycles. The number of benzene rings is 1. The molecule has 1 rings (SSSR count). The minimum absolute atomic E-state index is 0.0714. The molecule has 0 spiro atoms. The quantitative estimate of drug-likeness (QED) is 0.225. The number of nitrogens with one attached hydrogen (secondary N) is 1. The topological polar surface area (TPSA) is 92.4 Å². The average Bonchev–Trinajstić information content (AvgIpc) is 2.67. The van der Waals surface area contributed by atoms with Crippen LogP contribution in [-0.4, -0.2) is 17.0 Å². The van der Waals surface area contributed by atoms with Gasteiger partial charge in [0.25, 0.3) is 0 Å². The van der Waals surface area contributed by atoms with Gasteiger partial charge in [-0.3, -0.25) is 4.79 Å². The van der Waals surface area contributed by atoms with Crippen LogP contribution in [0.5, 0.6) is 0 Å². The number of nitrogen functional groups attached to an aromatic ring is 1. The molecule has 5 nitrogen and oxygen atoms in total. The normalized spacial score (nSPS) is 10.8. The molecule has 5 heteroatoms. The number of amides is 1. The lowest BCUT2D eigenvalue weighted by molar-refractivity contribution is -0.116. The first-order valence-corrected chi connectivity index (χ1v) is 11.0. The number of carboxylic acid groups (broad SMARTS) is 1. The number of anilines is 2. The monoisotopic (exact) mass is 390 g/mol. The number of aromatic carboxylic acids is 1. The van der Waals surface area contributed by atoms with E-state index in [9.17, 15) is 9.59 Å². The number of hydrogen-bond acceptors (Lipinski definition) is 3. The summed E-state index contributed by atoms with van der Waals surface area (Å²) in [7, 11) is 0. The smallest absolute Gasteiger partial charge is 0.335 e. The Hall–Kier alpha value is -2.04. The number of hydrogen-bond donors (Lipinski definition) is 3. The van der Waals surface area contributed by atoms with Crippen LogP contribution in [0.4, 0.5) is 11.4 Å². The van der Waals surface area contributed by atoms with Crippen LogP contribution in [0.15, 0.2) is 18.2 Å². The van der Waals surface area contributed by atoms with E-state index < -0.39 is 5.97 Å². The van der Waals surface area contributed by atoms with E-state index in [1.54, 1.807) is 6.07 Å². The lowest BCUT2D eigenvalue weighted by atomic mass is 10.0. The van der Waals surface area contributed by atoms with Crippen molar-refractivity contribution in [1.82, 2.24) is 0 Å². The zero-order valence-electron chi connectivity index (χ0n) is 17.5. The highest BCUT2D eigenvalue weighted by atomic mass is 16.4. The number of carboxylic acids is 1. The summed E-state index contributed by atoms with van der Waals surface area (Å²) in [4.78, 5) is 22.9. The van der Waals surface area contributed by atoms with Crippen molar-refractivity contribution in [2.75, 3.05) is 11.1 Å². The zero-order chi connectivity index (χ0) is 20.6. The largest absolute Gasteiger partial charge is 0.478 e. The van der Waals surface area contributed by atoms with Crippen LogP contribution in [0.25, 0.3) is 0 Å². The van der Waals surface area contributed by atoms with Gasteiger partial charge in [0.2, 0.25) is 5.91 Å². The van der Waals surface area contributed by atoms with Crippen molar-refractivity contribution in [3.63, 3.8) is 0 Å². The third-order valence-corrected chi connectivity index (χ3v) is 5.08. The number of carbonyl (C=O) groups excluding carboxylic acids is 1. The first kappa shape index (κ1) is 24.0. The van der Waals surface area contributed by atoms with Gasteiger partial charge in [0, 0.05) is 6.42 Å². The Morgan fingerprint density at radius 2 is 1.36 bits per heavy atom. The van der Waals surface area contributed by atoms with Crippen LogP contribution < -0.4 is 11.1 Å². The SMILES string of the molecule is CCCCCCCCCCCCCCCC(=O)Nc1ccc(C(=O)O)cc1N. The predicted molar refractivity (Wildman–Crippen MR) is 117 cm³/mol. The van der Waals surface area contributed by atoms with Gasteiger partial charge < -0.3 is 16.2 Å². The second-order valence-electron chi connectivity index (χ2n) is 7.65. The molecule has 0 radical (unpaired) electrons. The Balaban J connectivity index is 2.00. The summed E-state index contributed by atoms with van der Waals surface area (Å²) in [6, 6.07) is 4.35. The molecule has 0 saturated heterocycles. The van der Waals surface area contributed by atoms with Gasteiger partial charge in [-0.2, -0.15) is 0 Å². The summed E-state index contributed by atoms with van der Waals surface area (Å²) in [6.45, 7) is 2.25. The second kappa shape index (κ2) is 14.9. The standard InChI is InChI=1S/C23H38N2O3/c1-2-3-4-5-6-7-8-9-10-11-12-13-14-15-22(26)25-21-17-16-19(23(27)28)18-20(21)24/h16-18H,2-15,24H2,1H3,(H,25,26)(H,27,28). The molecule has 0 atom stereocenters. The number of carbonyl (C=O) groups is 2. The van der Waals surface area contributed by atoms with Gasteiger partial charge in [0.1, 0.15) is 0 Å². The van der Waals surface area contributed by atoms with E-state index in [-0.39, 0.29) is 17.2 Å². The molecule has 0 heterocycles. The van der Waals surface area contributed by atoms with Gasteiger partial charge in [-0.05, 0) is 24.6 Å². The highest BCUT2D eigenvalue weighted by molar-refractivity contribution is 5.96. The number of rotatable bonds is 16. The maximum Gasteiger partial charge on any atom is 0.335 e. The molecule has 0 aliphatic rings. The molecule has 0 fully saturated rings. The molecule has 158 valence electrons. The van der Waals surface area contributed by atoms with Crippen LogP contribution >= 0.6 is 0 Å². The Morgan fingerprint density at radius 1 is 0.857 bits per heavy atom. The minimum atomic E-state index is -1.03. The first-order chi connectivity index (χ1) is 13.5. The van der Waals surface area contributed by atoms with Crippen molar-refractivity contribution in [3.05, 3.63) is 23.8 Å². The predicted octanol–water partition coefficient (Wildman–Crippen LogP) is 6.39. The number of unbranched alkanes of at least 4 members (excludes halogenated alkanes) is 12. The fourth-order valence-electron chi connectivity index (χ4n) is 3.33. The maximum atomic E-state index is 12.0. The van der Waals surface area contributed by atoms with Crippen molar-refractivity contribution in [2.45, 2.75) is 96.8 Å². The summed E-state index contributed by atoms with van der Waals surface area (Å²) in [6.07, 6.45) is 17.1. The van der Waals surface area contributed by atoms with Gasteiger partial charge in [-0.1, -0.05) is 84.0 Å². The molecule has 1 amide bonds. The Kier molecular flexibility index (Phi) is 12.8. The van der Waals surface area contributed by atoms with Crippen LogP contribution in [0.1, 0.15) is 107 Å². The lowest BCUT2D eigenvalue weighted by Crippen LogP contribution is -2.13. The first-order valence-electron chi connectivity index (χ1n) is 11.0. The third-order valence-electron chi connectivity index (χ3n) is 5.08. The minimum Gasteiger partial charge on any atom is -0.478 e. The highest BCUT2D eigenvalue weighted by Crippen LogP contribution is 2.20. The van der Waals surface area contributed by atoms with E-state index in [1.165, 1.54) is 82.8 Å². The summed E-state index contributed by atoms with van der Waals surface area (Å²) in [5.41, 5.74) is 6.67. The molecular formula is C23H38N2O3. The van der Waals surface area contributed by atoms with E-state index in [0.29, 0.717) is 12.1 Å². The van der Waals surface area contributed by atoms with Gasteiger partial charge >= 0.3 is 5.97 Å². The fraction of sp³-hybridized carbons (Fsp3) is 0.652. The number of nitrogens with two attached hydrogens (primary N) is 1. The molecular weight excluding hydrogens is 352 g/mol. The van der Waals surface area contributed by atoms with Crippen molar-refractivity contribution < 1.29 is 14.7 Å². The second-order valence-corrected chi connectivity index (χ2v) is 7.65. The van der Waals surface area contributed by atoms with Crippen molar-refractivity contribution >= 4 is 23.3 Å². The molecule has 0 bridgehead atoms. The fourth-order valence-corrected chi connectivity index (χ4v) is 3.33. The summed E-state index contributed by atoms with van der Waals surface area (Å²) >= 11 is 0. The maximum absolute atomic E-state index is 12.0. The van der Waals surface area contributed by atoms with Crippen molar-refractivity contribution in [3.8, 4) is 0 Å². The van der Waals surface area contributed by atoms with E-state index >= 15 is 0 Å². The van der Waals surface area contributed by atoms with Gasteiger partial charge in [0.05, 0.1) is 16.9 Å².